The first kappa shape index (κ1) is 12.8. The SMILES string of the molecule is CCOCCc1noc(C(C)C(=O)CC)n1. The summed E-state index contributed by atoms with van der Waals surface area (Å²) in [7, 11) is 0. The molecule has 1 aromatic heterocycles. The van der Waals surface area contributed by atoms with Crippen LogP contribution in [0.3, 0.4) is 0 Å². The lowest BCUT2D eigenvalue weighted by Gasteiger charge is -2.01. The van der Waals surface area contributed by atoms with Crippen molar-refractivity contribution in [3.8, 4) is 0 Å². The van der Waals surface area contributed by atoms with Gasteiger partial charge in [-0.25, -0.2) is 0 Å². The molecule has 1 heterocycles. The molecule has 0 N–H and O–H groups in total. The zero-order chi connectivity index (χ0) is 12.0. The van der Waals surface area contributed by atoms with Gasteiger partial charge < -0.3 is 9.26 Å². The Hall–Kier alpha value is -1.23. The number of hydrogen-bond donors (Lipinski definition) is 0. The molecular weight excluding hydrogens is 208 g/mol. The van der Waals surface area contributed by atoms with Crippen LogP contribution in [-0.4, -0.2) is 29.1 Å². The van der Waals surface area contributed by atoms with Crippen LogP contribution in [0.4, 0.5) is 0 Å². The molecule has 0 aromatic carbocycles. The van der Waals surface area contributed by atoms with Crippen LogP contribution < -0.4 is 0 Å². The van der Waals surface area contributed by atoms with Crippen LogP contribution in [0, 0.1) is 0 Å². The molecule has 0 saturated carbocycles. The fourth-order valence-electron chi connectivity index (χ4n) is 1.30. The highest BCUT2D eigenvalue weighted by Gasteiger charge is 2.19. The molecule has 90 valence electrons. The van der Waals surface area contributed by atoms with Gasteiger partial charge in [-0.05, 0) is 13.8 Å². The predicted octanol–water partition coefficient (Wildman–Crippen LogP) is 1.73. The van der Waals surface area contributed by atoms with Crippen LogP contribution in [0.5, 0.6) is 0 Å². The molecule has 0 saturated heterocycles. The highest BCUT2D eigenvalue weighted by molar-refractivity contribution is 5.83. The van der Waals surface area contributed by atoms with Gasteiger partial charge in [0.1, 0.15) is 5.78 Å². The number of rotatable bonds is 7. The van der Waals surface area contributed by atoms with E-state index in [0.29, 0.717) is 37.8 Å². The van der Waals surface area contributed by atoms with E-state index in [9.17, 15) is 4.79 Å². The Balaban J connectivity index is 2.53. The number of ketones is 1. The van der Waals surface area contributed by atoms with Crippen molar-refractivity contribution in [2.24, 2.45) is 0 Å². The maximum atomic E-state index is 11.4. The Morgan fingerprint density at radius 2 is 2.25 bits per heavy atom. The summed E-state index contributed by atoms with van der Waals surface area (Å²) in [5.74, 6) is 0.802. The van der Waals surface area contributed by atoms with Gasteiger partial charge in [0.15, 0.2) is 5.82 Å². The second-order valence-electron chi connectivity index (χ2n) is 3.54. The number of nitrogens with zero attached hydrogens (tertiary/aromatic N) is 2. The third-order valence-electron chi connectivity index (χ3n) is 2.36. The van der Waals surface area contributed by atoms with Crippen molar-refractivity contribution in [1.82, 2.24) is 10.1 Å². The van der Waals surface area contributed by atoms with Gasteiger partial charge in [0.25, 0.3) is 0 Å². The van der Waals surface area contributed by atoms with E-state index in [-0.39, 0.29) is 11.7 Å². The number of aromatic nitrogens is 2. The second-order valence-corrected chi connectivity index (χ2v) is 3.54. The van der Waals surface area contributed by atoms with Crippen molar-refractivity contribution in [3.63, 3.8) is 0 Å². The summed E-state index contributed by atoms with van der Waals surface area (Å²) in [6, 6.07) is 0. The van der Waals surface area contributed by atoms with E-state index in [2.05, 4.69) is 10.1 Å². The zero-order valence-electron chi connectivity index (χ0n) is 10.0. The van der Waals surface area contributed by atoms with Gasteiger partial charge in [0.2, 0.25) is 5.89 Å². The quantitative estimate of drug-likeness (QED) is 0.662. The second kappa shape index (κ2) is 6.37. The van der Waals surface area contributed by atoms with Gasteiger partial charge in [-0.3, -0.25) is 4.79 Å². The minimum Gasteiger partial charge on any atom is -0.381 e. The van der Waals surface area contributed by atoms with Crippen molar-refractivity contribution in [2.45, 2.75) is 39.5 Å². The van der Waals surface area contributed by atoms with Gasteiger partial charge >= 0.3 is 0 Å². The lowest BCUT2D eigenvalue weighted by Crippen LogP contribution is -2.08. The van der Waals surface area contributed by atoms with E-state index in [1.54, 1.807) is 6.92 Å². The summed E-state index contributed by atoms with van der Waals surface area (Å²) in [6.45, 7) is 6.79. The molecule has 0 radical (unpaired) electrons. The van der Waals surface area contributed by atoms with E-state index in [1.165, 1.54) is 0 Å². The van der Waals surface area contributed by atoms with Gasteiger partial charge in [-0.2, -0.15) is 4.98 Å². The number of ether oxygens (including phenoxy) is 1. The molecule has 0 bridgehead atoms. The molecule has 5 heteroatoms. The Labute approximate surface area is 95.2 Å². The molecular formula is C11H18N2O3. The smallest absolute Gasteiger partial charge is 0.236 e. The minimum atomic E-state index is -0.307. The highest BCUT2D eigenvalue weighted by atomic mass is 16.5. The number of carbonyl (C=O) groups is 1. The predicted molar refractivity (Wildman–Crippen MR) is 58.2 cm³/mol. The molecule has 0 amide bonds. The third kappa shape index (κ3) is 3.41. The average molecular weight is 226 g/mol. The molecule has 5 nitrogen and oxygen atoms in total. The standard InChI is InChI=1S/C11H18N2O3/c1-4-9(14)8(3)11-12-10(13-16-11)6-7-15-5-2/h8H,4-7H2,1-3H3. The molecule has 16 heavy (non-hydrogen) atoms. The van der Waals surface area contributed by atoms with Crippen molar-refractivity contribution in [2.75, 3.05) is 13.2 Å². The van der Waals surface area contributed by atoms with Gasteiger partial charge in [-0.15, -0.1) is 0 Å². The minimum absolute atomic E-state index is 0.111. The van der Waals surface area contributed by atoms with Crippen molar-refractivity contribution in [3.05, 3.63) is 11.7 Å². The van der Waals surface area contributed by atoms with Gasteiger partial charge in [0.05, 0.1) is 12.5 Å². The van der Waals surface area contributed by atoms with Crippen LogP contribution in [0.15, 0.2) is 4.52 Å². The molecule has 0 spiro atoms. The molecule has 0 aliphatic carbocycles. The summed E-state index contributed by atoms with van der Waals surface area (Å²) < 4.78 is 10.2. The van der Waals surface area contributed by atoms with E-state index in [1.807, 2.05) is 13.8 Å². The molecule has 0 aliphatic rings. The average Bonchev–Trinajstić information content (AvgIpc) is 2.76. The van der Waals surface area contributed by atoms with Gasteiger partial charge in [0, 0.05) is 19.4 Å². The number of carbonyl (C=O) groups excluding carboxylic acids is 1. The summed E-state index contributed by atoms with van der Waals surface area (Å²) in [5.41, 5.74) is 0. The first-order valence-corrected chi connectivity index (χ1v) is 5.62. The molecule has 1 aromatic rings. The van der Waals surface area contributed by atoms with Gasteiger partial charge in [-0.1, -0.05) is 12.1 Å². The fraction of sp³-hybridized carbons (Fsp3) is 0.727. The van der Waals surface area contributed by atoms with Crippen molar-refractivity contribution < 1.29 is 14.1 Å². The molecule has 1 unspecified atom stereocenters. The molecule has 0 fully saturated rings. The maximum absolute atomic E-state index is 11.4. The fourth-order valence-corrected chi connectivity index (χ4v) is 1.30. The lowest BCUT2D eigenvalue weighted by molar-refractivity contribution is -0.120. The summed E-state index contributed by atoms with van der Waals surface area (Å²) in [4.78, 5) is 15.6. The topological polar surface area (TPSA) is 65.2 Å². The molecule has 1 rings (SSSR count). The largest absolute Gasteiger partial charge is 0.381 e. The van der Waals surface area contributed by atoms with Crippen molar-refractivity contribution in [1.29, 1.82) is 0 Å². The lowest BCUT2D eigenvalue weighted by atomic mass is 10.1. The summed E-state index contributed by atoms with van der Waals surface area (Å²) >= 11 is 0. The normalized spacial score (nSPS) is 12.7. The van der Waals surface area contributed by atoms with Crippen LogP contribution >= 0.6 is 0 Å². The zero-order valence-corrected chi connectivity index (χ0v) is 10.0. The van der Waals surface area contributed by atoms with Crippen LogP contribution in [0.2, 0.25) is 0 Å². The number of Topliss-reactive ketones (excluding diaryl/α,β-unsaturated/α-hetero) is 1. The third-order valence-corrected chi connectivity index (χ3v) is 2.36. The monoisotopic (exact) mass is 226 g/mol. The summed E-state index contributed by atoms with van der Waals surface area (Å²) in [6.07, 6.45) is 1.10. The van der Waals surface area contributed by atoms with Crippen molar-refractivity contribution >= 4 is 5.78 Å². The van der Waals surface area contributed by atoms with E-state index in [0.717, 1.165) is 0 Å². The Morgan fingerprint density at radius 1 is 1.50 bits per heavy atom. The highest BCUT2D eigenvalue weighted by Crippen LogP contribution is 2.15. The first-order valence-electron chi connectivity index (χ1n) is 5.62. The van der Waals surface area contributed by atoms with Crippen LogP contribution in [0.25, 0.3) is 0 Å². The molecule has 0 aliphatic heterocycles. The number of hydrogen-bond acceptors (Lipinski definition) is 5. The molecule has 1 atom stereocenters. The van der Waals surface area contributed by atoms with E-state index in [4.69, 9.17) is 9.26 Å². The van der Waals surface area contributed by atoms with E-state index < -0.39 is 0 Å². The van der Waals surface area contributed by atoms with E-state index >= 15 is 0 Å². The Kier molecular flexibility index (Phi) is 5.11. The summed E-state index contributed by atoms with van der Waals surface area (Å²) in [5, 5.41) is 3.81. The Bertz CT molecular complexity index is 336. The maximum Gasteiger partial charge on any atom is 0.236 e. The van der Waals surface area contributed by atoms with Crippen LogP contribution in [0.1, 0.15) is 44.8 Å². The Morgan fingerprint density at radius 3 is 2.88 bits per heavy atom. The van der Waals surface area contributed by atoms with Crippen LogP contribution in [-0.2, 0) is 16.0 Å². The first-order chi connectivity index (χ1) is 7.69.